The first-order valence-electron chi connectivity index (χ1n) is 5.94. The zero-order valence-corrected chi connectivity index (χ0v) is 10.9. The Balaban J connectivity index is 1.81. The van der Waals surface area contributed by atoms with Gasteiger partial charge in [0.15, 0.2) is 0 Å². The van der Waals surface area contributed by atoms with E-state index in [4.69, 9.17) is 0 Å². The molecule has 7 nitrogen and oxygen atoms in total. The fourth-order valence-corrected chi connectivity index (χ4v) is 3.66. The highest BCUT2D eigenvalue weighted by molar-refractivity contribution is 7.89. The molecule has 0 aromatic carbocycles. The molecule has 1 atom stereocenters. The van der Waals surface area contributed by atoms with E-state index in [0.29, 0.717) is 13.1 Å². The molecule has 1 aliphatic heterocycles. The number of hydrogen-bond donors (Lipinski definition) is 0. The first kappa shape index (κ1) is 12.2. The summed E-state index contributed by atoms with van der Waals surface area (Å²) in [5, 5.41) is 7.67. The van der Waals surface area contributed by atoms with E-state index in [-0.39, 0.29) is 10.9 Å². The molecule has 100 valence electrons. The molecular weight excluding hydrogens is 266 g/mol. The number of nitrogens with zero attached hydrogens (tertiary/aromatic N) is 5. The lowest BCUT2D eigenvalue weighted by atomic mass is 10.3. The van der Waals surface area contributed by atoms with Crippen LogP contribution in [0.15, 0.2) is 41.8 Å². The highest BCUT2D eigenvalue weighted by Crippen LogP contribution is 2.26. The topological polar surface area (TPSA) is 81.0 Å². The average molecular weight is 279 g/mol. The third-order valence-corrected chi connectivity index (χ3v) is 5.06. The van der Waals surface area contributed by atoms with Crippen LogP contribution in [0.1, 0.15) is 12.5 Å². The van der Waals surface area contributed by atoms with Gasteiger partial charge in [-0.25, -0.2) is 13.1 Å². The lowest BCUT2D eigenvalue weighted by molar-refractivity contribution is 0.428. The number of aromatic nitrogens is 4. The van der Waals surface area contributed by atoms with Gasteiger partial charge in [-0.3, -0.25) is 4.98 Å². The van der Waals surface area contributed by atoms with Crippen molar-refractivity contribution in [2.45, 2.75) is 17.4 Å². The Hall–Kier alpha value is -1.80. The van der Waals surface area contributed by atoms with Crippen LogP contribution in [0, 0.1) is 0 Å². The molecule has 0 spiro atoms. The minimum Gasteiger partial charge on any atom is -0.263 e. The molecule has 0 N–H and O–H groups in total. The maximum absolute atomic E-state index is 12.4. The van der Waals surface area contributed by atoms with E-state index in [1.807, 2.05) is 0 Å². The van der Waals surface area contributed by atoms with Crippen LogP contribution in [-0.2, 0) is 10.0 Å². The van der Waals surface area contributed by atoms with Gasteiger partial charge >= 0.3 is 0 Å². The number of pyridine rings is 1. The monoisotopic (exact) mass is 279 g/mol. The number of rotatable bonds is 3. The summed E-state index contributed by atoms with van der Waals surface area (Å²) in [4.78, 5) is 4.09. The molecule has 1 unspecified atom stereocenters. The Morgan fingerprint density at radius 2 is 2.21 bits per heavy atom. The molecule has 0 amide bonds. The molecule has 1 saturated heterocycles. The standard InChI is InChI=1S/C11H13N5O2S/c17-19(18,11-2-1-4-12-8-11)15-6-3-10(9-15)16-7-5-13-14-16/h1-2,4-5,7-8,10H,3,6,9H2. The van der Waals surface area contributed by atoms with Gasteiger partial charge in [0, 0.05) is 31.7 Å². The minimum absolute atomic E-state index is 0.0500. The minimum atomic E-state index is -3.45. The highest BCUT2D eigenvalue weighted by Gasteiger charge is 2.33. The second-order valence-electron chi connectivity index (χ2n) is 4.38. The summed E-state index contributed by atoms with van der Waals surface area (Å²) in [6.07, 6.45) is 7.02. The van der Waals surface area contributed by atoms with E-state index >= 15 is 0 Å². The zero-order valence-electron chi connectivity index (χ0n) is 10.1. The van der Waals surface area contributed by atoms with E-state index in [1.165, 1.54) is 10.5 Å². The molecule has 1 aliphatic rings. The zero-order chi connectivity index (χ0) is 13.3. The van der Waals surface area contributed by atoms with Gasteiger partial charge in [-0.05, 0) is 18.6 Å². The summed E-state index contributed by atoms with van der Waals surface area (Å²) in [5.74, 6) is 0. The van der Waals surface area contributed by atoms with E-state index in [2.05, 4.69) is 15.3 Å². The maximum atomic E-state index is 12.4. The second-order valence-corrected chi connectivity index (χ2v) is 6.32. The fourth-order valence-electron chi connectivity index (χ4n) is 2.21. The summed E-state index contributed by atoms with van der Waals surface area (Å²) in [6.45, 7) is 0.905. The molecule has 2 aromatic heterocycles. The lowest BCUT2D eigenvalue weighted by Crippen LogP contribution is -2.29. The predicted molar refractivity (Wildman–Crippen MR) is 66.7 cm³/mol. The Bertz CT molecular complexity index is 641. The van der Waals surface area contributed by atoms with Crippen molar-refractivity contribution >= 4 is 10.0 Å². The predicted octanol–water partition coefficient (Wildman–Crippen LogP) is 0.309. The molecule has 0 radical (unpaired) electrons. The number of hydrogen-bond acceptors (Lipinski definition) is 5. The summed E-state index contributed by atoms with van der Waals surface area (Å²) >= 11 is 0. The molecule has 0 saturated carbocycles. The van der Waals surface area contributed by atoms with Crippen molar-refractivity contribution in [3.05, 3.63) is 36.9 Å². The van der Waals surface area contributed by atoms with Gasteiger partial charge < -0.3 is 0 Å². The first-order valence-corrected chi connectivity index (χ1v) is 7.38. The largest absolute Gasteiger partial charge is 0.263 e. The molecule has 2 aromatic rings. The average Bonchev–Trinajstić information content (AvgIpc) is 3.10. The summed E-state index contributed by atoms with van der Waals surface area (Å²) < 4.78 is 28.0. The van der Waals surface area contributed by atoms with Crippen LogP contribution in [0.2, 0.25) is 0 Å². The summed E-state index contributed by atoms with van der Waals surface area (Å²) in [6, 6.07) is 3.23. The van der Waals surface area contributed by atoms with Gasteiger partial charge in [0.1, 0.15) is 4.90 Å². The quantitative estimate of drug-likeness (QED) is 0.807. The van der Waals surface area contributed by atoms with Gasteiger partial charge in [-0.1, -0.05) is 5.21 Å². The van der Waals surface area contributed by atoms with Gasteiger partial charge in [0.2, 0.25) is 10.0 Å². The maximum Gasteiger partial charge on any atom is 0.244 e. The smallest absolute Gasteiger partial charge is 0.244 e. The third-order valence-electron chi connectivity index (χ3n) is 3.21. The van der Waals surface area contributed by atoms with Crippen LogP contribution in [-0.4, -0.2) is 45.8 Å². The molecule has 8 heteroatoms. The van der Waals surface area contributed by atoms with Gasteiger partial charge in [-0.2, -0.15) is 4.31 Å². The van der Waals surface area contributed by atoms with Crippen LogP contribution >= 0.6 is 0 Å². The molecule has 1 fully saturated rings. The fraction of sp³-hybridized carbons (Fsp3) is 0.364. The van der Waals surface area contributed by atoms with Gasteiger partial charge in [0.25, 0.3) is 0 Å². The van der Waals surface area contributed by atoms with Crippen LogP contribution in [0.4, 0.5) is 0 Å². The van der Waals surface area contributed by atoms with Gasteiger partial charge in [-0.15, -0.1) is 5.10 Å². The van der Waals surface area contributed by atoms with Crippen LogP contribution < -0.4 is 0 Å². The lowest BCUT2D eigenvalue weighted by Gasteiger charge is -2.16. The van der Waals surface area contributed by atoms with Crippen LogP contribution in [0.25, 0.3) is 0 Å². The Kier molecular flexibility index (Phi) is 3.03. The SMILES string of the molecule is O=S(=O)(c1cccnc1)N1CCC(n2ccnn2)C1. The normalized spacial score (nSPS) is 20.7. The molecule has 3 heterocycles. The van der Waals surface area contributed by atoms with E-state index < -0.39 is 10.0 Å². The summed E-state index contributed by atoms with van der Waals surface area (Å²) in [5.41, 5.74) is 0. The van der Waals surface area contributed by atoms with Crippen LogP contribution in [0.3, 0.4) is 0 Å². The van der Waals surface area contributed by atoms with Crippen molar-refractivity contribution in [3.8, 4) is 0 Å². The Morgan fingerprint density at radius 3 is 2.89 bits per heavy atom. The number of sulfonamides is 1. The van der Waals surface area contributed by atoms with Crippen molar-refractivity contribution in [1.29, 1.82) is 0 Å². The molecular formula is C11H13N5O2S. The molecule has 0 bridgehead atoms. The third kappa shape index (κ3) is 2.24. The van der Waals surface area contributed by atoms with Crippen molar-refractivity contribution in [2.24, 2.45) is 0 Å². The molecule has 3 rings (SSSR count). The van der Waals surface area contributed by atoms with Crippen molar-refractivity contribution in [3.63, 3.8) is 0 Å². The summed E-state index contributed by atoms with van der Waals surface area (Å²) in [7, 11) is -3.45. The second kappa shape index (κ2) is 4.71. The van der Waals surface area contributed by atoms with Crippen molar-refractivity contribution in [2.75, 3.05) is 13.1 Å². The van der Waals surface area contributed by atoms with Crippen LogP contribution in [0.5, 0.6) is 0 Å². The highest BCUT2D eigenvalue weighted by atomic mass is 32.2. The van der Waals surface area contributed by atoms with E-state index in [1.54, 1.807) is 35.4 Å². The first-order chi connectivity index (χ1) is 9.18. The Labute approximate surface area is 110 Å². The van der Waals surface area contributed by atoms with Crippen molar-refractivity contribution < 1.29 is 8.42 Å². The van der Waals surface area contributed by atoms with Crippen molar-refractivity contribution in [1.82, 2.24) is 24.3 Å². The van der Waals surface area contributed by atoms with E-state index in [9.17, 15) is 8.42 Å². The van der Waals surface area contributed by atoms with E-state index in [0.717, 1.165) is 6.42 Å². The molecule has 19 heavy (non-hydrogen) atoms. The Morgan fingerprint density at radius 1 is 1.32 bits per heavy atom. The van der Waals surface area contributed by atoms with Gasteiger partial charge in [0.05, 0.1) is 12.2 Å². The molecule has 0 aliphatic carbocycles.